The maximum Gasteiger partial charge on any atom is 0.329 e. The van der Waals surface area contributed by atoms with E-state index in [1.807, 2.05) is 0 Å². The average molecular weight is 407 g/mol. The molecule has 0 radical (unpaired) electrons. The Labute approximate surface area is 163 Å². The lowest BCUT2D eigenvalue weighted by Gasteiger charge is -2.26. The molecule has 2 heterocycles. The summed E-state index contributed by atoms with van der Waals surface area (Å²) >= 11 is 0. The van der Waals surface area contributed by atoms with Crippen molar-refractivity contribution in [2.45, 2.75) is 44.8 Å². The number of anilines is 1. The van der Waals surface area contributed by atoms with Crippen LogP contribution in [-0.2, 0) is 0 Å². The number of aromatic amines is 1. The van der Waals surface area contributed by atoms with Crippen LogP contribution in [0.2, 0.25) is 0 Å². The van der Waals surface area contributed by atoms with Gasteiger partial charge in [0.25, 0.3) is 11.5 Å². The molecule has 6 nitrogen and oxygen atoms in total. The number of H-pyrrole nitrogens is 1. The normalized spacial score (nSPS) is 25.6. The summed E-state index contributed by atoms with van der Waals surface area (Å²) in [6.07, 6.45) is 0.534. The molecule has 0 amide bonds. The highest BCUT2D eigenvalue weighted by Crippen LogP contribution is 2.45. The molecule has 1 saturated heterocycles. The Balaban J connectivity index is 1.74. The second-order valence-electron chi connectivity index (χ2n) is 8.32. The summed E-state index contributed by atoms with van der Waals surface area (Å²) in [4.78, 5) is 28.8. The van der Waals surface area contributed by atoms with Crippen molar-refractivity contribution in [2.75, 3.05) is 18.0 Å². The van der Waals surface area contributed by atoms with Gasteiger partial charge in [0.05, 0.1) is 16.6 Å². The van der Waals surface area contributed by atoms with Crippen molar-refractivity contribution in [3.8, 4) is 0 Å². The second-order valence-corrected chi connectivity index (χ2v) is 8.32. The molecular weight excluding hydrogens is 387 g/mol. The number of fused-ring (bicyclic) bond motifs is 2. The number of benzene rings is 1. The number of alkyl halides is 2. The summed E-state index contributed by atoms with van der Waals surface area (Å²) in [7, 11) is 0. The topological polar surface area (TPSA) is 78.3 Å². The highest BCUT2D eigenvalue weighted by Gasteiger charge is 2.52. The van der Waals surface area contributed by atoms with Gasteiger partial charge in [-0.25, -0.2) is 9.18 Å². The van der Waals surface area contributed by atoms with Crippen molar-refractivity contribution in [1.29, 1.82) is 0 Å². The minimum Gasteiger partial charge on any atom is -0.386 e. The number of hydrogen-bond acceptors (Lipinski definition) is 4. The van der Waals surface area contributed by atoms with E-state index in [4.69, 9.17) is 0 Å². The quantitative estimate of drug-likeness (QED) is 0.748. The molecule has 2 N–H and O–H groups in total. The van der Waals surface area contributed by atoms with Crippen molar-refractivity contribution >= 4 is 16.6 Å². The van der Waals surface area contributed by atoms with Crippen LogP contribution in [0, 0.1) is 25.6 Å². The maximum atomic E-state index is 15.4. The fourth-order valence-corrected chi connectivity index (χ4v) is 4.87. The first-order chi connectivity index (χ1) is 13.6. The van der Waals surface area contributed by atoms with Crippen LogP contribution in [0.3, 0.4) is 0 Å². The first kappa shape index (κ1) is 18.5. The van der Waals surface area contributed by atoms with Crippen molar-refractivity contribution in [2.24, 2.45) is 5.92 Å². The Morgan fingerprint density at radius 2 is 1.90 bits per heavy atom. The molecule has 0 bridgehead atoms. The van der Waals surface area contributed by atoms with Gasteiger partial charge in [-0.3, -0.25) is 14.3 Å². The van der Waals surface area contributed by atoms with Crippen molar-refractivity contribution < 1.29 is 18.3 Å². The average Bonchev–Trinajstić information content (AvgIpc) is 3.35. The fraction of sp³-hybridized carbons (Fsp3) is 0.500. The molecule has 3 aliphatic rings. The van der Waals surface area contributed by atoms with E-state index in [0.29, 0.717) is 16.7 Å². The molecule has 1 aromatic heterocycles. The molecule has 9 heteroatoms. The van der Waals surface area contributed by atoms with E-state index in [-0.39, 0.29) is 35.8 Å². The largest absolute Gasteiger partial charge is 0.386 e. The molecular formula is C20H20F3N3O3. The van der Waals surface area contributed by atoms with Gasteiger partial charge in [0, 0.05) is 36.2 Å². The van der Waals surface area contributed by atoms with Gasteiger partial charge in [0.1, 0.15) is 6.10 Å². The molecule has 2 aromatic rings. The van der Waals surface area contributed by atoms with Crippen LogP contribution < -0.4 is 16.1 Å². The molecule has 0 spiro atoms. The van der Waals surface area contributed by atoms with Crippen LogP contribution in [0.1, 0.15) is 30.0 Å². The van der Waals surface area contributed by atoms with E-state index in [9.17, 15) is 23.5 Å². The predicted octanol–water partition coefficient (Wildman–Crippen LogP) is 2.15. The third-order valence-corrected chi connectivity index (χ3v) is 6.41. The zero-order chi connectivity index (χ0) is 20.8. The Hall–Kier alpha value is -2.55. The summed E-state index contributed by atoms with van der Waals surface area (Å²) in [6, 6.07) is -0.0422. The molecule has 154 valence electrons. The van der Waals surface area contributed by atoms with E-state index in [1.54, 1.807) is 11.8 Å². The monoisotopic (exact) mass is 407 g/mol. The van der Waals surface area contributed by atoms with Crippen LogP contribution in [0.5, 0.6) is 0 Å². The van der Waals surface area contributed by atoms with E-state index in [0.717, 1.165) is 18.9 Å². The number of nitrogens with zero attached hydrogens (tertiary/aromatic N) is 2. The van der Waals surface area contributed by atoms with Crippen molar-refractivity contribution in [1.82, 2.24) is 9.55 Å². The van der Waals surface area contributed by atoms with Gasteiger partial charge in [0.2, 0.25) is 0 Å². The number of aromatic nitrogens is 2. The molecule has 1 aliphatic heterocycles. The minimum atomic E-state index is -3.28. The van der Waals surface area contributed by atoms with Crippen LogP contribution in [0.15, 0.2) is 21.2 Å². The summed E-state index contributed by atoms with van der Waals surface area (Å²) in [5.41, 5.74) is 0.357. The summed E-state index contributed by atoms with van der Waals surface area (Å²) in [5.74, 6) is -4.66. The molecule has 2 unspecified atom stereocenters. The van der Waals surface area contributed by atoms with Crippen molar-refractivity contribution in [3.05, 3.63) is 49.4 Å². The van der Waals surface area contributed by atoms with Crippen LogP contribution in [0.25, 0.3) is 10.9 Å². The zero-order valence-electron chi connectivity index (χ0n) is 15.9. The Morgan fingerprint density at radius 3 is 2.52 bits per heavy atom. The van der Waals surface area contributed by atoms with Crippen LogP contribution in [-0.4, -0.2) is 39.8 Å². The summed E-state index contributed by atoms with van der Waals surface area (Å²) in [5, 5.41) is 10.1. The lowest BCUT2D eigenvalue weighted by Crippen LogP contribution is -2.36. The summed E-state index contributed by atoms with van der Waals surface area (Å²) in [6.45, 7) is 3.24. The van der Waals surface area contributed by atoms with E-state index < -0.39 is 35.0 Å². The highest BCUT2D eigenvalue weighted by atomic mass is 19.3. The van der Waals surface area contributed by atoms with Gasteiger partial charge in [-0.2, -0.15) is 8.78 Å². The Morgan fingerprint density at radius 1 is 1.21 bits per heavy atom. The van der Waals surface area contributed by atoms with Crippen LogP contribution >= 0.6 is 0 Å². The lowest BCUT2D eigenvalue weighted by molar-refractivity contribution is -0.0737. The van der Waals surface area contributed by atoms with Crippen LogP contribution in [0.4, 0.5) is 18.9 Å². The van der Waals surface area contributed by atoms with Gasteiger partial charge >= 0.3 is 5.69 Å². The fourth-order valence-electron chi connectivity index (χ4n) is 4.87. The molecule has 29 heavy (non-hydrogen) atoms. The standard InChI is InChI=1S/C20H20F3N3O3/c1-8-13-15(26(11-3-4-11)19(29)24-18(13)28)9(2)16(14(8)21)25-6-10-5-20(22,23)17(27)12(10)7-25/h5,11-12,17,27H,3-4,6-7H2,1-2H3,(H,24,28,29). The third kappa shape index (κ3) is 2.46. The number of aryl methyl sites for hydroxylation is 2. The number of halogens is 3. The van der Waals surface area contributed by atoms with Gasteiger partial charge in [-0.15, -0.1) is 0 Å². The summed E-state index contributed by atoms with van der Waals surface area (Å²) < 4.78 is 44.4. The van der Waals surface area contributed by atoms with Gasteiger partial charge in [-0.05, 0) is 38.3 Å². The molecule has 1 saturated carbocycles. The molecule has 1 aromatic carbocycles. The molecule has 2 atom stereocenters. The van der Waals surface area contributed by atoms with Gasteiger partial charge in [0.15, 0.2) is 5.82 Å². The SMILES string of the molecule is Cc1c(F)c(N2CC3=CC(F)(F)C(O)C3C2)c(C)c2c1c(=O)[nH]c(=O)n2C1CC1. The maximum absolute atomic E-state index is 15.4. The molecule has 2 fully saturated rings. The van der Waals surface area contributed by atoms with E-state index in [2.05, 4.69) is 4.98 Å². The van der Waals surface area contributed by atoms with E-state index in [1.165, 1.54) is 11.5 Å². The third-order valence-electron chi connectivity index (χ3n) is 6.41. The zero-order valence-corrected chi connectivity index (χ0v) is 15.9. The smallest absolute Gasteiger partial charge is 0.329 e. The molecule has 5 rings (SSSR count). The predicted molar refractivity (Wildman–Crippen MR) is 101 cm³/mol. The van der Waals surface area contributed by atoms with Gasteiger partial charge < -0.3 is 10.0 Å². The van der Waals surface area contributed by atoms with Crippen molar-refractivity contribution in [3.63, 3.8) is 0 Å². The highest BCUT2D eigenvalue weighted by molar-refractivity contribution is 5.90. The first-order valence-corrected chi connectivity index (χ1v) is 9.61. The Bertz CT molecular complexity index is 1210. The molecule has 2 aliphatic carbocycles. The number of aliphatic hydroxyl groups excluding tert-OH is 1. The number of rotatable bonds is 2. The first-order valence-electron chi connectivity index (χ1n) is 9.61. The number of nitrogens with one attached hydrogen (secondary N) is 1. The van der Waals surface area contributed by atoms with Gasteiger partial charge in [-0.1, -0.05) is 0 Å². The lowest BCUT2D eigenvalue weighted by atomic mass is 10.0. The number of aliphatic hydroxyl groups is 1. The van der Waals surface area contributed by atoms with E-state index >= 15 is 4.39 Å². The minimum absolute atomic E-state index is 0.0422. The number of hydrogen-bond donors (Lipinski definition) is 2. The second kappa shape index (κ2) is 5.75. The Kier molecular flexibility index (Phi) is 3.66.